The number of nitrogens with one attached hydrogen (secondary N) is 1. The van der Waals surface area contributed by atoms with Crippen molar-refractivity contribution in [2.45, 2.75) is 13.8 Å². The molecule has 1 rings (SSSR count). The van der Waals surface area contributed by atoms with Crippen LogP contribution in [0.5, 0.6) is 0 Å². The zero-order chi connectivity index (χ0) is 15.8. The number of nitrogens with zero attached hydrogens (tertiary/aromatic N) is 1. The topological polar surface area (TPSA) is 75.4 Å². The quantitative estimate of drug-likeness (QED) is 0.792. The van der Waals surface area contributed by atoms with Gasteiger partial charge in [-0.1, -0.05) is 17.9 Å². The number of aryl methyl sites for hydroxylation is 1. The van der Waals surface area contributed by atoms with E-state index in [0.29, 0.717) is 12.1 Å². The first kappa shape index (κ1) is 16.7. The summed E-state index contributed by atoms with van der Waals surface area (Å²) in [6.45, 7) is 4.61. The first-order valence-corrected chi connectivity index (χ1v) is 6.81. The number of carbonyl (C=O) groups excluding carboxylic acids is 2. The summed E-state index contributed by atoms with van der Waals surface area (Å²) in [4.78, 5) is 25.2. The number of carbonyl (C=O) groups is 2. The van der Waals surface area contributed by atoms with Crippen molar-refractivity contribution in [3.63, 3.8) is 0 Å². The molecule has 0 unspecified atom stereocenters. The zero-order valence-electron chi connectivity index (χ0n) is 12.7. The summed E-state index contributed by atoms with van der Waals surface area (Å²) in [6, 6.07) is 5.31. The van der Waals surface area contributed by atoms with Gasteiger partial charge in [0.05, 0.1) is 13.1 Å². The second-order valence-corrected chi connectivity index (χ2v) is 4.65. The molecule has 0 bridgehead atoms. The first-order chi connectivity index (χ1) is 9.99. The van der Waals surface area contributed by atoms with Gasteiger partial charge in [-0.2, -0.15) is 0 Å². The molecule has 0 heterocycles. The van der Waals surface area contributed by atoms with Crippen molar-refractivity contribution in [3.8, 4) is 11.8 Å². The normalized spacial score (nSPS) is 9.52. The molecular weight excluding hydrogens is 266 g/mol. The van der Waals surface area contributed by atoms with E-state index < -0.39 is 0 Å². The highest BCUT2D eigenvalue weighted by Crippen LogP contribution is 2.12. The highest BCUT2D eigenvalue weighted by atomic mass is 16.2. The van der Waals surface area contributed by atoms with Crippen molar-refractivity contribution in [1.82, 2.24) is 10.2 Å². The molecule has 5 nitrogen and oxygen atoms in total. The maximum Gasteiger partial charge on any atom is 0.254 e. The molecule has 21 heavy (non-hydrogen) atoms. The van der Waals surface area contributed by atoms with Crippen LogP contribution in [0.25, 0.3) is 0 Å². The molecule has 3 N–H and O–H groups in total. The molecule has 0 aromatic heterocycles. The highest BCUT2D eigenvalue weighted by Gasteiger charge is 2.15. The van der Waals surface area contributed by atoms with Crippen LogP contribution in [0.1, 0.15) is 28.4 Å². The Labute approximate surface area is 125 Å². The average Bonchev–Trinajstić information content (AvgIpc) is 2.45. The van der Waals surface area contributed by atoms with Crippen LogP contribution >= 0.6 is 0 Å². The van der Waals surface area contributed by atoms with Gasteiger partial charge < -0.3 is 16.0 Å². The summed E-state index contributed by atoms with van der Waals surface area (Å²) in [5.41, 5.74) is 7.63. The monoisotopic (exact) mass is 287 g/mol. The number of hydrogen-bond donors (Lipinski definition) is 2. The SMILES string of the molecule is CCNC(=O)CN(C)C(=O)c1ccc(C)c(C#CCN)c1. The molecule has 5 heteroatoms. The van der Waals surface area contributed by atoms with Crippen molar-refractivity contribution >= 4 is 11.8 Å². The van der Waals surface area contributed by atoms with Crippen LogP contribution in [0.3, 0.4) is 0 Å². The summed E-state index contributed by atoms with van der Waals surface area (Å²) in [7, 11) is 1.60. The Balaban J connectivity index is 2.89. The molecule has 0 saturated heterocycles. The summed E-state index contributed by atoms with van der Waals surface area (Å²) < 4.78 is 0. The summed E-state index contributed by atoms with van der Waals surface area (Å²) in [6.07, 6.45) is 0. The van der Waals surface area contributed by atoms with E-state index in [4.69, 9.17) is 5.73 Å². The number of rotatable bonds is 4. The van der Waals surface area contributed by atoms with Gasteiger partial charge in [0.2, 0.25) is 5.91 Å². The Bertz CT molecular complexity index is 585. The van der Waals surface area contributed by atoms with Crippen molar-refractivity contribution < 1.29 is 9.59 Å². The minimum absolute atomic E-state index is 0.0321. The van der Waals surface area contributed by atoms with E-state index in [1.165, 1.54) is 4.90 Å². The largest absolute Gasteiger partial charge is 0.355 e. The van der Waals surface area contributed by atoms with E-state index >= 15 is 0 Å². The Morgan fingerprint density at radius 2 is 2.10 bits per heavy atom. The molecule has 1 aromatic carbocycles. The number of likely N-dealkylation sites (N-methyl/N-ethyl adjacent to an activating group) is 2. The molecule has 0 fully saturated rings. The van der Waals surface area contributed by atoms with Gasteiger partial charge in [-0.3, -0.25) is 9.59 Å². The molecule has 0 spiro atoms. The second-order valence-electron chi connectivity index (χ2n) is 4.65. The zero-order valence-corrected chi connectivity index (χ0v) is 12.7. The Morgan fingerprint density at radius 1 is 1.38 bits per heavy atom. The minimum Gasteiger partial charge on any atom is -0.355 e. The van der Waals surface area contributed by atoms with E-state index in [1.54, 1.807) is 19.2 Å². The van der Waals surface area contributed by atoms with Crippen LogP contribution < -0.4 is 11.1 Å². The molecule has 0 aliphatic heterocycles. The van der Waals surface area contributed by atoms with E-state index in [2.05, 4.69) is 17.2 Å². The number of hydrogen-bond acceptors (Lipinski definition) is 3. The summed E-state index contributed by atoms with van der Waals surface area (Å²) in [5, 5.41) is 2.66. The lowest BCUT2D eigenvalue weighted by Gasteiger charge is -2.17. The fraction of sp³-hybridized carbons (Fsp3) is 0.375. The Morgan fingerprint density at radius 3 is 2.71 bits per heavy atom. The molecule has 2 amide bonds. The lowest BCUT2D eigenvalue weighted by Crippen LogP contribution is -2.38. The van der Waals surface area contributed by atoms with Crippen LogP contribution in [0.4, 0.5) is 0 Å². The van der Waals surface area contributed by atoms with Gasteiger partial charge >= 0.3 is 0 Å². The van der Waals surface area contributed by atoms with Gasteiger partial charge in [0.15, 0.2) is 0 Å². The van der Waals surface area contributed by atoms with Crippen LogP contribution in [-0.4, -0.2) is 43.4 Å². The van der Waals surface area contributed by atoms with Crippen molar-refractivity contribution in [2.24, 2.45) is 5.73 Å². The van der Waals surface area contributed by atoms with Gasteiger partial charge in [0, 0.05) is 24.7 Å². The molecule has 0 radical (unpaired) electrons. The Hall–Kier alpha value is -2.32. The number of nitrogens with two attached hydrogens (primary N) is 1. The molecular formula is C16H21N3O2. The predicted molar refractivity (Wildman–Crippen MR) is 82.8 cm³/mol. The maximum absolute atomic E-state index is 12.3. The smallest absolute Gasteiger partial charge is 0.254 e. The predicted octanol–water partition coefficient (Wildman–Crippen LogP) is 0.513. The third-order valence-electron chi connectivity index (χ3n) is 2.91. The molecule has 0 atom stereocenters. The van der Waals surface area contributed by atoms with Crippen LogP contribution in [0.2, 0.25) is 0 Å². The highest BCUT2D eigenvalue weighted by molar-refractivity contribution is 5.96. The maximum atomic E-state index is 12.3. The summed E-state index contributed by atoms with van der Waals surface area (Å²) >= 11 is 0. The lowest BCUT2D eigenvalue weighted by atomic mass is 10.0. The van der Waals surface area contributed by atoms with Crippen molar-refractivity contribution in [3.05, 3.63) is 34.9 Å². The third-order valence-corrected chi connectivity index (χ3v) is 2.91. The van der Waals surface area contributed by atoms with Crippen LogP contribution in [-0.2, 0) is 4.79 Å². The van der Waals surface area contributed by atoms with Gasteiger partial charge in [0.25, 0.3) is 5.91 Å². The van der Waals surface area contributed by atoms with E-state index in [0.717, 1.165) is 11.1 Å². The number of benzene rings is 1. The Kier molecular flexibility index (Phi) is 6.44. The molecule has 112 valence electrons. The minimum atomic E-state index is -0.211. The third kappa shape index (κ3) is 4.93. The van der Waals surface area contributed by atoms with Gasteiger partial charge in [-0.25, -0.2) is 0 Å². The summed E-state index contributed by atoms with van der Waals surface area (Å²) in [5.74, 6) is 5.33. The fourth-order valence-electron chi connectivity index (χ4n) is 1.80. The number of amides is 2. The van der Waals surface area contributed by atoms with Crippen molar-refractivity contribution in [2.75, 3.05) is 26.7 Å². The van der Waals surface area contributed by atoms with E-state index in [1.807, 2.05) is 19.9 Å². The standard InChI is InChI=1S/C16H21N3O2/c1-4-18-15(20)11-19(3)16(21)14-8-7-12(2)13(10-14)6-5-9-17/h7-8,10H,4,9,11,17H2,1-3H3,(H,18,20). The average molecular weight is 287 g/mol. The molecule has 0 aliphatic rings. The van der Waals surface area contributed by atoms with Crippen LogP contribution in [0, 0.1) is 18.8 Å². The molecule has 0 aliphatic carbocycles. The van der Waals surface area contributed by atoms with Gasteiger partial charge in [0.1, 0.15) is 0 Å². The van der Waals surface area contributed by atoms with Gasteiger partial charge in [-0.15, -0.1) is 0 Å². The lowest BCUT2D eigenvalue weighted by molar-refractivity contribution is -0.121. The molecule has 0 saturated carbocycles. The van der Waals surface area contributed by atoms with Crippen LogP contribution in [0.15, 0.2) is 18.2 Å². The van der Waals surface area contributed by atoms with Crippen molar-refractivity contribution in [1.29, 1.82) is 0 Å². The van der Waals surface area contributed by atoms with E-state index in [9.17, 15) is 9.59 Å². The first-order valence-electron chi connectivity index (χ1n) is 6.81. The molecule has 1 aromatic rings. The second kappa shape index (κ2) is 8.08. The fourth-order valence-corrected chi connectivity index (χ4v) is 1.80. The van der Waals surface area contributed by atoms with E-state index in [-0.39, 0.29) is 24.9 Å². The van der Waals surface area contributed by atoms with Gasteiger partial charge in [-0.05, 0) is 31.5 Å².